The van der Waals surface area contributed by atoms with Crippen molar-refractivity contribution in [3.8, 4) is 0 Å². The molecule has 1 aromatic carbocycles. The molecule has 0 saturated heterocycles. The summed E-state index contributed by atoms with van der Waals surface area (Å²) in [5, 5.41) is 12.8. The van der Waals surface area contributed by atoms with E-state index in [2.05, 4.69) is 5.32 Å². The number of halogens is 1. The van der Waals surface area contributed by atoms with E-state index in [4.69, 9.17) is 5.73 Å². The maximum atomic E-state index is 12.6. The van der Waals surface area contributed by atoms with E-state index < -0.39 is 6.10 Å². The van der Waals surface area contributed by atoms with Crippen molar-refractivity contribution in [1.29, 1.82) is 0 Å². The van der Waals surface area contributed by atoms with Crippen molar-refractivity contribution in [2.45, 2.75) is 12.5 Å². The zero-order valence-electron chi connectivity index (χ0n) is 8.62. The molecule has 0 aliphatic rings. The van der Waals surface area contributed by atoms with Crippen molar-refractivity contribution < 1.29 is 9.50 Å². The highest BCUT2D eigenvalue weighted by atomic mass is 19.1. The van der Waals surface area contributed by atoms with Gasteiger partial charge in [0, 0.05) is 6.54 Å². The van der Waals surface area contributed by atoms with Crippen LogP contribution in [0.4, 0.5) is 4.39 Å². The van der Waals surface area contributed by atoms with Gasteiger partial charge in [-0.05, 0) is 37.2 Å². The van der Waals surface area contributed by atoms with Crippen molar-refractivity contribution in [2.24, 2.45) is 5.73 Å². The lowest BCUT2D eigenvalue weighted by atomic mass is 10.1. The van der Waals surface area contributed by atoms with E-state index in [9.17, 15) is 9.50 Å². The number of benzene rings is 1. The summed E-state index contributed by atoms with van der Waals surface area (Å²) in [6.45, 7) is 1.89. The van der Waals surface area contributed by atoms with E-state index in [0.717, 1.165) is 18.5 Å². The molecule has 1 rings (SSSR count). The molecular formula is C11H17FN2O. The number of hydrogen-bond acceptors (Lipinski definition) is 3. The van der Waals surface area contributed by atoms with Crippen LogP contribution in [0.1, 0.15) is 18.1 Å². The quantitative estimate of drug-likeness (QED) is 0.611. The second-order valence-corrected chi connectivity index (χ2v) is 3.41. The van der Waals surface area contributed by atoms with Crippen LogP contribution in [0.5, 0.6) is 0 Å². The molecule has 15 heavy (non-hydrogen) atoms. The Balaban J connectivity index is 2.33. The molecule has 1 atom stereocenters. The Morgan fingerprint density at radius 3 is 2.60 bits per heavy atom. The SMILES string of the molecule is NCCCNCC(O)c1ccc(F)cc1. The fourth-order valence-corrected chi connectivity index (χ4v) is 1.27. The van der Waals surface area contributed by atoms with Crippen LogP contribution in [0.15, 0.2) is 24.3 Å². The van der Waals surface area contributed by atoms with Crippen molar-refractivity contribution in [3.63, 3.8) is 0 Å². The van der Waals surface area contributed by atoms with E-state index in [0.29, 0.717) is 13.1 Å². The molecule has 0 bridgehead atoms. The number of nitrogens with two attached hydrogens (primary N) is 1. The second-order valence-electron chi connectivity index (χ2n) is 3.41. The van der Waals surface area contributed by atoms with Gasteiger partial charge in [0.05, 0.1) is 6.10 Å². The van der Waals surface area contributed by atoms with E-state index in [1.54, 1.807) is 12.1 Å². The van der Waals surface area contributed by atoms with Crippen molar-refractivity contribution in [1.82, 2.24) is 5.32 Å². The maximum absolute atomic E-state index is 12.6. The molecule has 0 aromatic heterocycles. The molecule has 0 amide bonds. The first kappa shape index (κ1) is 12.1. The molecule has 4 heteroatoms. The third kappa shape index (κ3) is 4.38. The standard InChI is InChI=1S/C11H17FN2O/c12-10-4-2-9(3-5-10)11(15)8-14-7-1-6-13/h2-5,11,14-15H,1,6-8,13H2. The van der Waals surface area contributed by atoms with Crippen LogP contribution in [0, 0.1) is 5.82 Å². The second kappa shape index (κ2) is 6.50. The molecule has 4 N–H and O–H groups in total. The van der Waals surface area contributed by atoms with Gasteiger partial charge in [0.15, 0.2) is 0 Å². The van der Waals surface area contributed by atoms with Crippen LogP contribution in [0.3, 0.4) is 0 Å². The number of aliphatic hydroxyl groups excluding tert-OH is 1. The third-order valence-corrected chi connectivity index (χ3v) is 2.15. The molecule has 0 aliphatic heterocycles. The van der Waals surface area contributed by atoms with Gasteiger partial charge in [-0.3, -0.25) is 0 Å². The molecule has 0 spiro atoms. The summed E-state index contributed by atoms with van der Waals surface area (Å²) in [6.07, 6.45) is 0.291. The molecular weight excluding hydrogens is 195 g/mol. The monoisotopic (exact) mass is 212 g/mol. The summed E-state index contributed by atoms with van der Waals surface area (Å²) in [4.78, 5) is 0. The van der Waals surface area contributed by atoms with Gasteiger partial charge in [-0.25, -0.2) is 4.39 Å². The normalized spacial score (nSPS) is 12.7. The molecule has 0 heterocycles. The first-order valence-electron chi connectivity index (χ1n) is 5.08. The van der Waals surface area contributed by atoms with Gasteiger partial charge in [-0.2, -0.15) is 0 Å². The van der Waals surface area contributed by atoms with Crippen LogP contribution in [-0.4, -0.2) is 24.7 Å². The third-order valence-electron chi connectivity index (χ3n) is 2.15. The Morgan fingerprint density at radius 1 is 1.33 bits per heavy atom. The lowest BCUT2D eigenvalue weighted by Gasteiger charge is -2.11. The van der Waals surface area contributed by atoms with Crippen LogP contribution < -0.4 is 11.1 Å². The Bertz CT molecular complexity index is 276. The maximum Gasteiger partial charge on any atom is 0.123 e. The minimum Gasteiger partial charge on any atom is -0.387 e. The average Bonchev–Trinajstić information content (AvgIpc) is 2.25. The predicted molar refractivity (Wildman–Crippen MR) is 57.9 cm³/mol. The summed E-state index contributed by atoms with van der Waals surface area (Å²) in [6, 6.07) is 5.87. The Kier molecular flexibility index (Phi) is 5.25. The number of rotatable bonds is 6. The van der Waals surface area contributed by atoms with Gasteiger partial charge in [0.25, 0.3) is 0 Å². The van der Waals surface area contributed by atoms with Crippen molar-refractivity contribution in [3.05, 3.63) is 35.6 Å². The summed E-state index contributed by atoms with van der Waals surface area (Å²) in [7, 11) is 0. The zero-order valence-corrected chi connectivity index (χ0v) is 8.62. The molecule has 0 fully saturated rings. The van der Waals surface area contributed by atoms with Crippen molar-refractivity contribution >= 4 is 0 Å². The first-order valence-corrected chi connectivity index (χ1v) is 5.08. The van der Waals surface area contributed by atoms with Crippen molar-refractivity contribution in [2.75, 3.05) is 19.6 Å². The minimum atomic E-state index is -0.594. The van der Waals surface area contributed by atoms with Crippen LogP contribution in [0.2, 0.25) is 0 Å². The van der Waals surface area contributed by atoms with Crippen LogP contribution >= 0.6 is 0 Å². The van der Waals surface area contributed by atoms with Crippen LogP contribution in [-0.2, 0) is 0 Å². The average molecular weight is 212 g/mol. The summed E-state index contributed by atoms with van der Waals surface area (Å²) >= 11 is 0. The van der Waals surface area contributed by atoms with Gasteiger partial charge in [0.1, 0.15) is 5.82 Å². The highest BCUT2D eigenvalue weighted by Gasteiger charge is 2.06. The lowest BCUT2D eigenvalue weighted by molar-refractivity contribution is 0.175. The highest BCUT2D eigenvalue weighted by molar-refractivity contribution is 5.18. The smallest absolute Gasteiger partial charge is 0.123 e. The van der Waals surface area contributed by atoms with E-state index in [-0.39, 0.29) is 5.82 Å². The van der Waals surface area contributed by atoms with E-state index in [1.807, 2.05) is 0 Å². The number of nitrogens with one attached hydrogen (secondary N) is 1. The number of aliphatic hydroxyl groups is 1. The molecule has 84 valence electrons. The van der Waals surface area contributed by atoms with Gasteiger partial charge < -0.3 is 16.2 Å². The molecule has 0 saturated carbocycles. The predicted octanol–water partition coefficient (Wildman–Crippen LogP) is 0.798. The van der Waals surface area contributed by atoms with E-state index in [1.165, 1.54) is 12.1 Å². The summed E-state index contributed by atoms with van der Waals surface area (Å²) < 4.78 is 12.6. The minimum absolute atomic E-state index is 0.290. The lowest BCUT2D eigenvalue weighted by Crippen LogP contribution is -2.24. The topological polar surface area (TPSA) is 58.3 Å². The van der Waals surface area contributed by atoms with Gasteiger partial charge in [-0.1, -0.05) is 12.1 Å². The molecule has 3 nitrogen and oxygen atoms in total. The molecule has 0 aliphatic carbocycles. The zero-order chi connectivity index (χ0) is 11.1. The number of hydrogen-bond donors (Lipinski definition) is 3. The molecule has 1 aromatic rings. The van der Waals surface area contributed by atoms with Gasteiger partial charge in [-0.15, -0.1) is 0 Å². The largest absolute Gasteiger partial charge is 0.387 e. The van der Waals surface area contributed by atoms with Gasteiger partial charge >= 0.3 is 0 Å². The Labute approximate surface area is 89.1 Å². The fourth-order valence-electron chi connectivity index (χ4n) is 1.27. The van der Waals surface area contributed by atoms with E-state index >= 15 is 0 Å². The summed E-state index contributed by atoms with van der Waals surface area (Å²) in [5.41, 5.74) is 6.05. The Morgan fingerprint density at radius 2 is 2.00 bits per heavy atom. The summed E-state index contributed by atoms with van der Waals surface area (Å²) in [5.74, 6) is -0.290. The molecule has 0 radical (unpaired) electrons. The van der Waals surface area contributed by atoms with Gasteiger partial charge in [0.2, 0.25) is 0 Å². The molecule has 1 unspecified atom stereocenters. The fraction of sp³-hybridized carbons (Fsp3) is 0.455. The van der Waals surface area contributed by atoms with Crippen LogP contribution in [0.25, 0.3) is 0 Å². The highest BCUT2D eigenvalue weighted by Crippen LogP contribution is 2.12. The Hall–Kier alpha value is -0.970. The first-order chi connectivity index (χ1) is 7.24.